The summed E-state index contributed by atoms with van der Waals surface area (Å²) in [6.45, 7) is 2.38. The van der Waals surface area contributed by atoms with E-state index in [1.807, 2.05) is 48.0 Å². The number of nitrogens with two attached hydrogens (primary N) is 1. The number of hydrogen-bond donors (Lipinski definition) is 3. The van der Waals surface area contributed by atoms with Gasteiger partial charge in [-0.1, -0.05) is 36.4 Å². The number of para-hydroxylation sites is 1. The lowest BCUT2D eigenvalue weighted by molar-refractivity contribution is 0.0696. The molecule has 0 radical (unpaired) electrons. The fourth-order valence-electron chi connectivity index (χ4n) is 3.82. The molecule has 0 fully saturated rings. The van der Waals surface area contributed by atoms with Crippen LogP contribution in [-0.2, 0) is 6.54 Å². The average molecular weight is 441 g/mol. The normalized spacial score (nSPS) is 11.8. The quantitative estimate of drug-likeness (QED) is 0.402. The molecule has 33 heavy (non-hydrogen) atoms. The lowest BCUT2D eigenvalue weighted by atomic mass is 10.0. The number of benzene rings is 3. The highest BCUT2D eigenvalue weighted by Gasteiger charge is 2.17. The minimum absolute atomic E-state index is 0.198. The van der Waals surface area contributed by atoms with Crippen LogP contribution in [0.25, 0.3) is 10.9 Å². The monoisotopic (exact) mass is 441 g/mol. The summed E-state index contributed by atoms with van der Waals surface area (Å²) >= 11 is 0. The number of amides is 2. The Morgan fingerprint density at radius 1 is 0.939 bits per heavy atom. The van der Waals surface area contributed by atoms with Gasteiger partial charge in [-0.15, -0.1) is 0 Å². The molecule has 4 rings (SSSR count). The zero-order valence-electron chi connectivity index (χ0n) is 18.0. The number of fused-ring (bicyclic) bond motifs is 1. The summed E-state index contributed by atoms with van der Waals surface area (Å²) in [7, 11) is 0. The van der Waals surface area contributed by atoms with Crippen molar-refractivity contribution in [3.05, 3.63) is 107 Å². The standard InChI is InChI=1S/C26H23N3O4/c1-16(18-9-11-21(12-10-18)26(32)33)28-25(31)22-4-2-3-19-13-14-29(23(19)22)15-17-5-7-20(8-6-17)24(27)30/h2-14,16H,15H2,1H3,(H2,27,30)(H,28,31)(H,32,33)/t16-/m0/s1. The lowest BCUT2D eigenvalue weighted by Crippen LogP contribution is -2.27. The third-order valence-electron chi connectivity index (χ3n) is 5.63. The molecule has 7 heteroatoms. The summed E-state index contributed by atoms with van der Waals surface area (Å²) in [5, 5.41) is 13.0. The van der Waals surface area contributed by atoms with Gasteiger partial charge in [0.1, 0.15) is 0 Å². The molecule has 0 spiro atoms. The summed E-state index contributed by atoms with van der Waals surface area (Å²) in [6, 6.07) is 20.7. The van der Waals surface area contributed by atoms with Crippen LogP contribution < -0.4 is 11.1 Å². The second kappa shape index (κ2) is 9.00. The number of carbonyl (C=O) groups excluding carboxylic acids is 2. The summed E-state index contributed by atoms with van der Waals surface area (Å²) < 4.78 is 2.00. The summed E-state index contributed by atoms with van der Waals surface area (Å²) in [6.07, 6.45) is 1.93. The van der Waals surface area contributed by atoms with Gasteiger partial charge in [-0.05, 0) is 54.4 Å². The van der Waals surface area contributed by atoms with Crippen molar-refractivity contribution in [1.29, 1.82) is 0 Å². The van der Waals surface area contributed by atoms with Crippen LogP contribution in [0.1, 0.15) is 55.2 Å². The summed E-state index contributed by atoms with van der Waals surface area (Å²) in [5.74, 6) is -1.69. The topological polar surface area (TPSA) is 114 Å². The first-order chi connectivity index (χ1) is 15.8. The van der Waals surface area contributed by atoms with E-state index in [9.17, 15) is 14.4 Å². The maximum atomic E-state index is 13.2. The van der Waals surface area contributed by atoms with Crippen molar-refractivity contribution in [3.8, 4) is 0 Å². The van der Waals surface area contributed by atoms with Crippen molar-refractivity contribution >= 4 is 28.7 Å². The number of carbonyl (C=O) groups is 3. The van der Waals surface area contributed by atoms with E-state index >= 15 is 0 Å². The van der Waals surface area contributed by atoms with Crippen LogP contribution >= 0.6 is 0 Å². The molecule has 1 heterocycles. The van der Waals surface area contributed by atoms with Crippen molar-refractivity contribution in [1.82, 2.24) is 9.88 Å². The summed E-state index contributed by atoms with van der Waals surface area (Å²) in [5.41, 5.74) is 9.09. The van der Waals surface area contributed by atoms with E-state index in [0.717, 1.165) is 22.0 Å². The smallest absolute Gasteiger partial charge is 0.335 e. The van der Waals surface area contributed by atoms with Gasteiger partial charge in [0.15, 0.2) is 0 Å². The predicted octanol–water partition coefficient (Wildman–Crippen LogP) is 3.98. The Kier molecular flexibility index (Phi) is 5.95. The Bertz CT molecular complexity index is 1340. The van der Waals surface area contributed by atoms with Gasteiger partial charge in [0, 0.05) is 23.7 Å². The van der Waals surface area contributed by atoms with Crippen LogP contribution in [0.4, 0.5) is 0 Å². The van der Waals surface area contributed by atoms with Gasteiger partial charge in [-0.3, -0.25) is 9.59 Å². The molecule has 166 valence electrons. The maximum absolute atomic E-state index is 13.2. The summed E-state index contributed by atoms with van der Waals surface area (Å²) in [4.78, 5) is 35.5. The minimum atomic E-state index is -0.991. The Morgan fingerprint density at radius 3 is 2.24 bits per heavy atom. The molecule has 1 atom stereocenters. The van der Waals surface area contributed by atoms with Crippen molar-refractivity contribution in [2.24, 2.45) is 5.73 Å². The largest absolute Gasteiger partial charge is 0.478 e. The number of aromatic nitrogens is 1. The molecule has 0 unspecified atom stereocenters. The van der Waals surface area contributed by atoms with E-state index in [2.05, 4.69) is 5.32 Å². The molecule has 1 aromatic heterocycles. The molecule has 0 aliphatic carbocycles. The van der Waals surface area contributed by atoms with Gasteiger partial charge in [0.05, 0.1) is 22.7 Å². The fraction of sp³-hybridized carbons (Fsp3) is 0.115. The molecule has 0 saturated carbocycles. The van der Waals surface area contributed by atoms with Crippen molar-refractivity contribution in [2.75, 3.05) is 0 Å². The van der Waals surface area contributed by atoms with Gasteiger partial charge in [0.2, 0.25) is 5.91 Å². The number of nitrogens with zero attached hydrogens (tertiary/aromatic N) is 1. The molecule has 2 amide bonds. The third-order valence-corrected chi connectivity index (χ3v) is 5.63. The first kappa shape index (κ1) is 21.8. The van der Waals surface area contributed by atoms with Gasteiger partial charge in [-0.2, -0.15) is 0 Å². The van der Waals surface area contributed by atoms with E-state index in [1.165, 1.54) is 12.1 Å². The Labute approximate surface area is 190 Å². The van der Waals surface area contributed by atoms with E-state index in [1.54, 1.807) is 30.3 Å². The zero-order chi connectivity index (χ0) is 23.5. The molecule has 0 bridgehead atoms. The van der Waals surface area contributed by atoms with Gasteiger partial charge in [-0.25, -0.2) is 4.79 Å². The van der Waals surface area contributed by atoms with Gasteiger partial charge >= 0.3 is 5.97 Å². The maximum Gasteiger partial charge on any atom is 0.335 e. The highest BCUT2D eigenvalue weighted by Crippen LogP contribution is 2.23. The fourth-order valence-corrected chi connectivity index (χ4v) is 3.82. The highest BCUT2D eigenvalue weighted by molar-refractivity contribution is 6.06. The number of carboxylic acid groups (broad SMARTS) is 1. The van der Waals surface area contributed by atoms with Crippen molar-refractivity contribution < 1.29 is 19.5 Å². The molecule has 4 N–H and O–H groups in total. The van der Waals surface area contributed by atoms with Crippen LogP contribution in [0.2, 0.25) is 0 Å². The second-order valence-electron chi connectivity index (χ2n) is 7.87. The highest BCUT2D eigenvalue weighted by atomic mass is 16.4. The number of carboxylic acids is 1. The van der Waals surface area contributed by atoms with E-state index in [-0.39, 0.29) is 17.5 Å². The Balaban J connectivity index is 1.58. The van der Waals surface area contributed by atoms with E-state index in [0.29, 0.717) is 17.7 Å². The van der Waals surface area contributed by atoms with Crippen LogP contribution in [-0.4, -0.2) is 27.5 Å². The lowest BCUT2D eigenvalue weighted by Gasteiger charge is -2.16. The first-order valence-corrected chi connectivity index (χ1v) is 10.4. The molecule has 4 aromatic rings. The van der Waals surface area contributed by atoms with Crippen LogP contribution in [0.3, 0.4) is 0 Å². The van der Waals surface area contributed by atoms with Gasteiger partial charge < -0.3 is 20.7 Å². The Hall–Kier alpha value is -4.39. The zero-order valence-corrected chi connectivity index (χ0v) is 18.0. The number of hydrogen-bond acceptors (Lipinski definition) is 3. The molecular weight excluding hydrogens is 418 g/mol. The van der Waals surface area contributed by atoms with Crippen LogP contribution in [0.15, 0.2) is 79.0 Å². The minimum Gasteiger partial charge on any atom is -0.478 e. The molecule has 0 aliphatic heterocycles. The first-order valence-electron chi connectivity index (χ1n) is 10.4. The molecule has 3 aromatic carbocycles. The Morgan fingerprint density at radius 2 is 1.61 bits per heavy atom. The van der Waals surface area contributed by atoms with Crippen LogP contribution in [0.5, 0.6) is 0 Å². The van der Waals surface area contributed by atoms with E-state index in [4.69, 9.17) is 10.8 Å². The van der Waals surface area contributed by atoms with Crippen LogP contribution in [0, 0.1) is 0 Å². The second-order valence-corrected chi connectivity index (χ2v) is 7.87. The number of nitrogens with one attached hydrogen (secondary N) is 1. The number of primary amides is 1. The predicted molar refractivity (Wildman–Crippen MR) is 125 cm³/mol. The number of rotatable bonds is 7. The molecule has 0 saturated heterocycles. The van der Waals surface area contributed by atoms with Crippen molar-refractivity contribution in [3.63, 3.8) is 0 Å². The molecule has 7 nitrogen and oxygen atoms in total. The van der Waals surface area contributed by atoms with Crippen molar-refractivity contribution in [2.45, 2.75) is 19.5 Å². The SMILES string of the molecule is C[C@H](NC(=O)c1cccc2ccn(Cc3ccc(C(N)=O)cc3)c12)c1ccc(C(=O)O)cc1. The third kappa shape index (κ3) is 4.62. The van der Waals surface area contributed by atoms with Gasteiger partial charge in [0.25, 0.3) is 5.91 Å². The average Bonchev–Trinajstić information content (AvgIpc) is 3.22. The van der Waals surface area contributed by atoms with E-state index < -0.39 is 11.9 Å². The molecule has 0 aliphatic rings. The number of aromatic carboxylic acids is 1. The molecular formula is C26H23N3O4.